The molecule has 3 nitrogen and oxygen atoms in total. The van der Waals surface area contributed by atoms with E-state index in [1.165, 1.54) is 16.9 Å². The standard InChI is InChI=1S/C8H3Cl2FIN3/c9-4-1-2-5(8(12)7(4)11)15-3-6(10)13-14-15/h1-3H. The van der Waals surface area contributed by atoms with Gasteiger partial charge in [-0.3, -0.25) is 0 Å². The normalized spacial score (nSPS) is 10.7. The molecule has 0 saturated heterocycles. The highest BCUT2D eigenvalue weighted by Crippen LogP contribution is 2.25. The van der Waals surface area contributed by atoms with Gasteiger partial charge in [-0.05, 0) is 34.7 Å². The molecule has 15 heavy (non-hydrogen) atoms. The van der Waals surface area contributed by atoms with Crippen LogP contribution in [0.2, 0.25) is 10.2 Å². The van der Waals surface area contributed by atoms with Crippen LogP contribution in [0.3, 0.4) is 0 Å². The van der Waals surface area contributed by atoms with Crippen LogP contribution < -0.4 is 0 Å². The number of rotatable bonds is 1. The Balaban J connectivity index is 2.59. The minimum atomic E-state index is -0.471. The zero-order valence-corrected chi connectivity index (χ0v) is 10.8. The van der Waals surface area contributed by atoms with Gasteiger partial charge in [0.05, 0.1) is 20.5 Å². The first-order chi connectivity index (χ1) is 7.09. The summed E-state index contributed by atoms with van der Waals surface area (Å²) in [5, 5.41) is 7.67. The Morgan fingerprint density at radius 2 is 2.07 bits per heavy atom. The van der Waals surface area contributed by atoms with Crippen LogP contribution in [0.5, 0.6) is 0 Å². The third-order valence-electron chi connectivity index (χ3n) is 1.73. The quantitative estimate of drug-likeness (QED) is 0.579. The summed E-state index contributed by atoms with van der Waals surface area (Å²) in [4.78, 5) is 0. The van der Waals surface area contributed by atoms with E-state index in [1.807, 2.05) is 22.6 Å². The molecule has 1 aromatic heterocycles. The lowest BCUT2D eigenvalue weighted by molar-refractivity contribution is 0.617. The second-order valence-corrected chi connectivity index (χ2v) is 4.55. The van der Waals surface area contributed by atoms with Crippen LogP contribution in [0, 0.1) is 9.39 Å². The number of benzene rings is 1. The summed E-state index contributed by atoms with van der Waals surface area (Å²) >= 11 is 13.1. The highest BCUT2D eigenvalue weighted by Gasteiger charge is 2.12. The molecule has 0 bridgehead atoms. The molecule has 0 spiro atoms. The van der Waals surface area contributed by atoms with Gasteiger partial charge in [0.2, 0.25) is 0 Å². The smallest absolute Gasteiger partial charge is 0.171 e. The van der Waals surface area contributed by atoms with Crippen LogP contribution >= 0.6 is 45.8 Å². The molecule has 2 aromatic rings. The van der Waals surface area contributed by atoms with Gasteiger partial charge in [0.1, 0.15) is 0 Å². The third-order valence-corrected chi connectivity index (χ3v) is 3.22. The van der Waals surface area contributed by atoms with Gasteiger partial charge in [0, 0.05) is 0 Å². The molecule has 0 N–H and O–H groups in total. The van der Waals surface area contributed by atoms with Crippen LogP contribution in [-0.4, -0.2) is 15.0 Å². The fourth-order valence-corrected chi connectivity index (χ4v) is 2.21. The summed E-state index contributed by atoms with van der Waals surface area (Å²) in [6.07, 6.45) is 1.49. The molecule has 0 unspecified atom stereocenters. The summed E-state index contributed by atoms with van der Waals surface area (Å²) in [5.74, 6) is -0.471. The molecular formula is C8H3Cl2FIN3. The third kappa shape index (κ3) is 2.09. The maximum atomic E-state index is 13.4. The molecule has 0 aliphatic rings. The van der Waals surface area contributed by atoms with E-state index in [9.17, 15) is 4.39 Å². The van der Waals surface area contributed by atoms with Crippen molar-refractivity contribution in [1.82, 2.24) is 15.0 Å². The van der Waals surface area contributed by atoms with Gasteiger partial charge in [-0.25, -0.2) is 9.07 Å². The molecule has 0 saturated carbocycles. The van der Waals surface area contributed by atoms with Gasteiger partial charge < -0.3 is 0 Å². The minimum Gasteiger partial charge on any atom is -0.218 e. The molecule has 0 atom stereocenters. The summed E-state index contributed by atoms with van der Waals surface area (Å²) in [5.41, 5.74) is 0.553. The predicted octanol–water partition coefficient (Wildman–Crippen LogP) is 3.32. The maximum Gasteiger partial charge on any atom is 0.171 e. The van der Waals surface area contributed by atoms with Crippen molar-refractivity contribution >= 4 is 45.8 Å². The minimum absolute atomic E-state index is 0.0781. The molecule has 1 heterocycles. The molecule has 0 fully saturated rings. The SMILES string of the molecule is Fc1c(Cl)ccc(-n2cc(Cl)nn2)c1I. The Morgan fingerprint density at radius 3 is 2.67 bits per heavy atom. The first-order valence-corrected chi connectivity index (χ1v) is 5.65. The molecule has 78 valence electrons. The fraction of sp³-hybridized carbons (Fsp3) is 0. The molecule has 0 radical (unpaired) electrons. The summed E-state index contributed by atoms with van der Waals surface area (Å²) in [6, 6.07) is 3.11. The van der Waals surface area contributed by atoms with Crippen molar-refractivity contribution < 1.29 is 4.39 Å². The van der Waals surface area contributed by atoms with Crippen LogP contribution in [0.4, 0.5) is 4.39 Å². The summed E-state index contributed by atoms with van der Waals surface area (Å²) in [6.45, 7) is 0. The van der Waals surface area contributed by atoms with Crippen molar-refractivity contribution in [1.29, 1.82) is 0 Å². The molecular weight excluding hydrogens is 355 g/mol. The average molecular weight is 358 g/mol. The number of hydrogen-bond donors (Lipinski definition) is 0. The van der Waals surface area contributed by atoms with Gasteiger partial charge in [0.25, 0.3) is 0 Å². The number of hydrogen-bond acceptors (Lipinski definition) is 2. The van der Waals surface area contributed by atoms with Crippen LogP contribution in [0.25, 0.3) is 5.69 Å². The average Bonchev–Trinajstić information content (AvgIpc) is 2.61. The van der Waals surface area contributed by atoms with Gasteiger partial charge in [-0.15, -0.1) is 5.10 Å². The van der Waals surface area contributed by atoms with Crippen molar-refractivity contribution in [2.24, 2.45) is 0 Å². The topological polar surface area (TPSA) is 30.7 Å². The van der Waals surface area contributed by atoms with E-state index in [1.54, 1.807) is 6.07 Å². The lowest BCUT2D eigenvalue weighted by atomic mass is 10.3. The number of nitrogens with zero attached hydrogens (tertiary/aromatic N) is 3. The van der Waals surface area contributed by atoms with Crippen molar-refractivity contribution in [2.75, 3.05) is 0 Å². The van der Waals surface area contributed by atoms with Crippen molar-refractivity contribution in [3.63, 3.8) is 0 Å². The van der Waals surface area contributed by atoms with E-state index in [2.05, 4.69) is 10.3 Å². The molecule has 0 aliphatic heterocycles. The molecule has 7 heteroatoms. The van der Waals surface area contributed by atoms with Gasteiger partial charge in [-0.1, -0.05) is 28.4 Å². The largest absolute Gasteiger partial charge is 0.218 e. The Hall–Kier alpha value is -0.400. The predicted molar refractivity (Wildman–Crippen MR) is 64.1 cm³/mol. The number of halogens is 4. The Morgan fingerprint density at radius 1 is 1.33 bits per heavy atom. The molecule has 2 rings (SSSR count). The second kappa shape index (κ2) is 4.23. The van der Waals surface area contributed by atoms with E-state index in [0.717, 1.165) is 0 Å². The Bertz CT molecular complexity index is 515. The van der Waals surface area contributed by atoms with E-state index in [0.29, 0.717) is 9.26 Å². The van der Waals surface area contributed by atoms with Gasteiger partial charge in [-0.2, -0.15) is 0 Å². The van der Waals surface area contributed by atoms with Crippen molar-refractivity contribution in [3.8, 4) is 5.69 Å². The van der Waals surface area contributed by atoms with E-state index >= 15 is 0 Å². The van der Waals surface area contributed by atoms with Crippen LogP contribution in [-0.2, 0) is 0 Å². The second-order valence-electron chi connectivity index (χ2n) is 2.68. The lowest BCUT2D eigenvalue weighted by Gasteiger charge is -2.05. The zero-order valence-electron chi connectivity index (χ0n) is 7.09. The molecule has 1 aromatic carbocycles. The zero-order chi connectivity index (χ0) is 11.0. The van der Waals surface area contributed by atoms with Gasteiger partial charge >= 0.3 is 0 Å². The first-order valence-electron chi connectivity index (χ1n) is 3.81. The van der Waals surface area contributed by atoms with Crippen molar-refractivity contribution in [2.45, 2.75) is 0 Å². The summed E-state index contributed by atoms with van der Waals surface area (Å²) < 4.78 is 15.2. The Labute approximate surface area is 108 Å². The first kappa shape index (κ1) is 11.1. The van der Waals surface area contributed by atoms with Crippen LogP contribution in [0.1, 0.15) is 0 Å². The van der Waals surface area contributed by atoms with E-state index < -0.39 is 5.82 Å². The molecule has 0 aliphatic carbocycles. The number of aromatic nitrogens is 3. The summed E-state index contributed by atoms with van der Waals surface area (Å²) in [7, 11) is 0. The van der Waals surface area contributed by atoms with Crippen LogP contribution in [0.15, 0.2) is 18.3 Å². The van der Waals surface area contributed by atoms with Gasteiger partial charge in [0.15, 0.2) is 11.0 Å². The monoisotopic (exact) mass is 357 g/mol. The molecule has 0 amide bonds. The highest BCUT2D eigenvalue weighted by atomic mass is 127. The lowest BCUT2D eigenvalue weighted by Crippen LogP contribution is -2.00. The van der Waals surface area contributed by atoms with E-state index in [-0.39, 0.29) is 10.2 Å². The maximum absolute atomic E-state index is 13.4. The van der Waals surface area contributed by atoms with Crippen molar-refractivity contribution in [3.05, 3.63) is 37.9 Å². The fourth-order valence-electron chi connectivity index (χ4n) is 1.05. The Kier molecular flexibility index (Phi) is 3.13. The van der Waals surface area contributed by atoms with E-state index in [4.69, 9.17) is 23.2 Å². The highest BCUT2D eigenvalue weighted by molar-refractivity contribution is 14.1.